The Morgan fingerprint density at radius 1 is 0.800 bits per heavy atom. The molecule has 0 atom stereocenters. The van der Waals surface area contributed by atoms with Crippen LogP contribution in [0, 0.1) is 6.92 Å². The fourth-order valence-corrected chi connectivity index (χ4v) is 3.09. The topological polar surface area (TPSA) is 76.0 Å². The fourth-order valence-electron chi connectivity index (χ4n) is 3.09. The van der Waals surface area contributed by atoms with E-state index < -0.39 is 0 Å². The van der Waals surface area contributed by atoms with E-state index in [1.54, 1.807) is 28.9 Å². The zero-order valence-electron chi connectivity index (χ0n) is 16.4. The van der Waals surface area contributed by atoms with Crippen molar-refractivity contribution in [3.05, 3.63) is 108 Å². The molecule has 148 valence electrons. The third-order valence-electron chi connectivity index (χ3n) is 4.56. The molecule has 4 aromatic rings. The van der Waals surface area contributed by atoms with Crippen LogP contribution in [0.2, 0.25) is 0 Å². The number of carbonyl (C=O) groups is 2. The van der Waals surface area contributed by atoms with Crippen LogP contribution in [0.5, 0.6) is 0 Å². The molecular formula is C24H20N4O2. The van der Waals surface area contributed by atoms with Crippen LogP contribution in [0.25, 0.3) is 5.69 Å². The SMILES string of the molecule is Cc1cccc(NC(=O)c2cnn(-c3ccccc3)c2NC(=O)c2ccccc2)c1. The van der Waals surface area contributed by atoms with Crippen LogP contribution in [-0.4, -0.2) is 21.6 Å². The van der Waals surface area contributed by atoms with Crippen LogP contribution < -0.4 is 10.6 Å². The summed E-state index contributed by atoms with van der Waals surface area (Å²) in [5.74, 6) is -0.371. The number of para-hydroxylation sites is 1. The molecule has 0 spiro atoms. The average Bonchev–Trinajstić information content (AvgIpc) is 3.18. The molecule has 0 aliphatic carbocycles. The van der Waals surface area contributed by atoms with E-state index in [1.165, 1.54) is 6.20 Å². The molecule has 6 heteroatoms. The van der Waals surface area contributed by atoms with E-state index in [4.69, 9.17) is 0 Å². The molecule has 3 aromatic carbocycles. The Balaban J connectivity index is 1.70. The van der Waals surface area contributed by atoms with Gasteiger partial charge in [-0.1, -0.05) is 48.5 Å². The van der Waals surface area contributed by atoms with Gasteiger partial charge in [0.2, 0.25) is 0 Å². The van der Waals surface area contributed by atoms with Crippen molar-refractivity contribution < 1.29 is 9.59 Å². The van der Waals surface area contributed by atoms with E-state index in [1.807, 2.05) is 67.6 Å². The minimum Gasteiger partial charge on any atom is -0.322 e. The van der Waals surface area contributed by atoms with Gasteiger partial charge in [-0.05, 0) is 48.9 Å². The van der Waals surface area contributed by atoms with Crippen LogP contribution in [0.3, 0.4) is 0 Å². The van der Waals surface area contributed by atoms with Gasteiger partial charge in [-0.2, -0.15) is 5.10 Å². The smallest absolute Gasteiger partial charge is 0.261 e. The van der Waals surface area contributed by atoms with Crippen LogP contribution in [-0.2, 0) is 0 Å². The van der Waals surface area contributed by atoms with Gasteiger partial charge in [0.25, 0.3) is 11.8 Å². The number of aryl methyl sites for hydroxylation is 1. The van der Waals surface area contributed by atoms with E-state index in [0.29, 0.717) is 17.1 Å². The molecule has 0 saturated heterocycles. The van der Waals surface area contributed by atoms with Gasteiger partial charge in [-0.3, -0.25) is 9.59 Å². The van der Waals surface area contributed by atoms with Crippen molar-refractivity contribution in [2.75, 3.05) is 10.6 Å². The zero-order chi connectivity index (χ0) is 20.9. The third kappa shape index (κ3) is 4.12. The molecule has 2 N–H and O–H groups in total. The Morgan fingerprint density at radius 2 is 1.50 bits per heavy atom. The summed E-state index contributed by atoms with van der Waals surface area (Å²) in [7, 11) is 0. The number of benzene rings is 3. The number of hydrogen-bond donors (Lipinski definition) is 2. The fraction of sp³-hybridized carbons (Fsp3) is 0.0417. The lowest BCUT2D eigenvalue weighted by Gasteiger charge is -2.12. The Hall–Kier alpha value is -4.19. The molecule has 0 fully saturated rings. The quantitative estimate of drug-likeness (QED) is 0.514. The van der Waals surface area contributed by atoms with Gasteiger partial charge < -0.3 is 10.6 Å². The van der Waals surface area contributed by atoms with E-state index in [0.717, 1.165) is 11.3 Å². The second kappa shape index (κ2) is 8.45. The summed E-state index contributed by atoms with van der Waals surface area (Å²) in [4.78, 5) is 25.8. The highest BCUT2D eigenvalue weighted by molar-refractivity contribution is 6.12. The molecule has 4 rings (SSSR count). The first-order valence-corrected chi connectivity index (χ1v) is 9.50. The van der Waals surface area contributed by atoms with Gasteiger partial charge >= 0.3 is 0 Å². The van der Waals surface area contributed by atoms with Crippen molar-refractivity contribution in [2.45, 2.75) is 6.92 Å². The van der Waals surface area contributed by atoms with Crippen molar-refractivity contribution in [3.8, 4) is 5.69 Å². The Bertz CT molecular complexity index is 1180. The van der Waals surface area contributed by atoms with Gasteiger partial charge in [0.1, 0.15) is 11.4 Å². The van der Waals surface area contributed by atoms with Crippen molar-refractivity contribution in [1.82, 2.24) is 9.78 Å². The monoisotopic (exact) mass is 396 g/mol. The van der Waals surface area contributed by atoms with E-state index in [-0.39, 0.29) is 17.4 Å². The van der Waals surface area contributed by atoms with Crippen LogP contribution >= 0.6 is 0 Å². The van der Waals surface area contributed by atoms with Crippen LogP contribution in [0.1, 0.15) is 26.3 Å². The molecule has 0 aliphatic rings. The minimum absolute atomic E-state index is 0.268. The summed E-state index contributed by atoms with van der Waals surface area (Å²) in [5, 5.41) is 10.1. The van der Waals surface area contributed by atoms with E-state index >= 15 is 0 Å². The van der Waals surface area contributed by atoms with E-state index in [9.17, 15) is 9.59 Å². The standard InChI is InChI=1S/C24H20N4O2/c1-17-9-8-12-19(15-17)26-24(30)21-16-25-28(20-13-6-3-7-14-20)22(21)27-23(29)18-10-4-2-5-11-18/h2-16H,1H3,(H,26,30)(H,27,29). The number of nitrogens with zero attached hydrogens (tertiary/aromatic N) is 2. The highest BCUT2D eigenvalue weighted by atomic mass is 16.2. The number of amides is 2. The summed E-state index contributed by atoms with van der Waals surface area (Å²) >= 11 is 0. The molecule has 1 aromatic heterocycles. The van der Waals surface area contributed by atoms with Crippen molar-refractivity contribution in [1.29, 1.82) is 0 Å². The lowest BCUT2D eigenvalue weighted by Crippen LogP contribution is -2.19. The number of anilines is 2. The lowest BCUT2D eigenvalue weighted by atomic mass is 10.2. The van der Waals surface area contributed by atoms with Gasteiger partial charge in [0.15, 0.2) is 0 Å². The highest BCUT2D eigenvalue weighted by Gasteiger charge is 2.21. The summed E-state index contributed by atoms with van der Waals surface area (Å²) in [6.45, 7) is 1.95. The van der Waals surface area contributed by atoms with Gasteiger partial charge in [-0.15, -0.1) is 0 Å². The molecule has 2 amide bonds. The maximum Gasteiger partial charge on any atom is 0.261 e. The van der Waals surface area contributed by atoms with Crippen LogP contribution in [0.4, 0.5) is 11.5 Å². The number of nitrogens with one attached hydrogen (secondary N) is 2. The van der Waals surface area contributed by atoms with Gasteiger partial charge in [0.05, 0.1) is 11.9 Å². The summed E-state index contributed by atoms with van der Waals surface area (Å²) in [6, 6.07) is 25.7. The molecule has 0 saturated carbocycles. The third-order valence-corrected chi connectivity index (χ3v) is 4.56. The first-order valence-electron chi connectivity index (χ1n) is 9.50. The summed E-state index contributed by atoms with van der Waals surface area (Å²) < 4.78 is 1.55. The maximum absolute atomic E-state index is 13.0. The van der Waals surface area contributed by atoms with Crippen molar-refractivity contribution in [3.63, 3.8) is 0 Å². The number of hydrogen-bond acceptors (Lipinski definition) is 3. The molecule has 6 nitrogen and oxygen atoms in total. The summed E-state index contributed by atoms with van der Waals surface area (Å²) in [6.07, 6.45) is 1.46. The zero-order valence-corrected chi connectivity index (χ0v) is 16.4. The number of carbonyl (C=O) groups excluding carboxylic acids is 2. The van der Waals surface area contributed by atoms with Crippen molar-refractivity contribution in [2.24, 2.45) is 0 Å². The molecule has 0 unspecified atom stereocenters. The largest absolute Gasteiger partial charge is 0.322 e. The van der Waals surface area contributed by atoms with Gasteiger partial charge in [0, 0.05) is 11.3 Å². The molecular weight excluding hydrogens is 376 g/mol. The summed E-state index contributed by atoms with van der Waals surface area (Å²) in [5.41, 5.74) is 3.20. The van der Waals surface area contributed by atoms with Gasteiger partial charge in [-0.25, -0.2) is 4.68 Å². The molecule has 30 heavy (non-hydrogen) atoms. The minimum atomic E-state index is -0.355. The second-order valence-electron chi connectivity index (χ2n) is 6.80. The maximum atomic E-state index is 13.0. The van der Waals surface area contributed by atoms with E-state index in [2.05, 4.69) is 15.7 Å². The lowest BCUT2D eigenvalue weighted by molar-refractivity contribution is 0.102. The predicted molar refractivity (Wildman–Crippen MR) is 117 cm³/mol. The number of rotatable bonds is 5. The normalized spacial score (nSPS) is 10.4. The highest BCUT2D eigenvalue weighted by Crippen LogP contribution is 2.23. The average molecular weight is 396 g/mol. The first kappa shape index (κ1) is 19.1. The Morgan fingerprint density at radius 3 is 2.20 bits per heavy atom. The Kier molecular flexibility index (Phi) is 5.39. The second-order valence-corrected chi connectivity index (χ2v) is 6.80. The predicted octanol–water partition coefficient (Wildman–Crippen LogP) is 4.69. The molecule has 0 bridgehead atoms. The Labute approximate surface area is 174 Å². The molecule has 1 heterocycles. The van der Waals surface area contributed by atoms with Crippen LogP contribution in [0.15, 0.2) is 91.1 Å². The number of aromatic nitrogens is 2. The molecule has 0 radical (unpaired) electrons. The first-order chi connectivity index (χ1) is 14.6. The molecule has 0 aliphatic heterocycles. The van der Waals surface area contributed by atoms with Crippen molar-refractivity contribution >= 4 is 23.3 Å².